The van der Waals surface area contributed by atoms with Crippen molar-refractivity contribution in [3.8, 4) is 0 Å². The van der Waals surface area contributed by atoms with Gasteiger partial charge in [-0.25, -0.2) is 9.59 Å². The van der Waals surface area contributed by atoms with Crippen molar-refractivity contribution >= 4 is 12.1 Å². The minimum atomic E-state index is -0.516. The number of carbonyl (C=O) groups is 2. The summed E-state index contributed by atoms with van der Waals surface area (Å²) in [4.78, 5) is 30.0. The Labute approximate surface area is 132 Å². The Morgan fingerprint density at radius 3 is 2.27 bits per heavy atom. The second-order valence-corrected chi connectivity index (χ2v) is 6.99. The molecule has 0 aliphatic carbocycles. The van der Waals surface area contributed by atoms with Crippen LogP contribution in [0, 0.1) is 0 Å². The van der Waals surface area contributed by atoms with Crippen LogP contribution in [0.4, 0.5) is 9.59 Å². The third-order valence-electron chi connectivity index (χ3n) is 4.03. The summed E-state index contributed by atoms with van der Waals surface area (Å²) in [6.45, 7) is 8.96. The van der Waals surface area contributed by atoms with E-state index in [1.165, 1.54) is 0 Å². The fourth-order valence-corrected chi connectivity index (χ4v) is 2.89. The van der Waals surface area contributed by atoms with Gasteiger partial charge in [0, 0.05) is 39.3 Å². The zero-order valence-corrected chi connectivity index (χ0v) is 13.9. The number of hydrogen-bond donors (Lipinski definition) is 1. The molecule has 0 aromatic carbocycles. The average Bonchev–Trinajstić information content (AvgIpc) is 2.98. The van der Waals surface area contributed by atoms with E-state index in [4.69, 9.17) is 10.5 Å². The van der Waals surface area contributed by atoms with Gasteiger partial charge in [0.2, 0.25) is 0 Å². The molecule has 3 amide bonds. The molecule has 22 heavy (non-hydrogen) atoms. The molecule has 2 aliphatic rings. The van der Waals surface area contributed by atoms with Gasteiger partial charge in [-0.2, -0.15) is 0 Å². The maximum absolute atomic E-state index is 12.5. The molecular weight excluding hydrogens is 284 g/mol. The van der Waals surface area contributed by atoms with Crippen molar-refractivity contribution in [1.29, 1.82) is 0 Å². The van der Waals surface area contributed by atoms with Gasteiger partial charge in [-0.1, -0.05) is 0 Å². The van der Waals surface area contributed by atoms with Gasteiger partial charge in [-0.3, -0.25) is 0 Å². The Kier molecular flexibility index (Phi) is 5.16. The number of amides is 3. The Balaban J connectivity index is 1.96. The Morgan fingerprint density at radius 1 is 1.09 bits per heavy atom. The molecule has 0 saturated carbocycles. The molecule has 2 rings (SSSR count). The van der Waals surface area contributed by atoms with Crippen LogP contribution in [0.15, 0.2) is 0 Å². The molecule has 2 N–H and O–H groups in total. The minimum Gasteiger partial charge on any atom is -0.444 e. The topological polar surface area (TPSA) is 79.1 Å². The van der Waals surface area contributed by atoms with Gasteiger partial charge in [0.1, 0.15) is 5.60 Å². The van der Waals surface area contributed by atoms with E-state index < -0.39 is 5.60 Å². The van der Waals surface area contributed by atoms with Crippen molar-refractivity contribution in [3.05, 3.63) is 0 Å². The maximum atomic E-state index is 12.5. The molecule has 2 fully saturated rings. The van der Waals surface area contributed by atoms with Crippen LogP contribution in [0.1, 0.15) is 33.6 Å². The zero-order chi connectivity index (χ0) is 16.3. The lowest BCUT2D eigenvalue weighted by Crippen LogP contribution is -2.61. The van der Waals surface area contributed by atoms with Crippen molar-refractivity contribution < 1.29 is 14.3 Å². The summed E-state index contributed by atoms with van der Waals surface area (Å²) in [7, 11) is 0. The van der Waals surface area contributed by atoms with E-state index in [2.05, 4.69) is 0 Å². The number of hydrogen-bond acceptors (Lipinski definition) is 4. The SMILES string of the molecule is CC(C)(C)OC(=O)N1CCN(C(=O)N2CCCC2)C(CN)C1. The highest BCUT2D eigenvalue weighted by atomic mass is 16.6. The number of likely N-dealkylation sites (tertiary alicyclic amines) is 1. The molecule has 7 nitrogen and oxygen atoms in total. The largest absolute Gasteiger partial charge is 0.444 e. The van der Waals surface area contributed by atoms with Crippen LogP contribution in [-0.2, 0) is 4.74 Å². The van der Waals surface area contributed by atoms with Gasteiger partial charge in [0.25, 0.3) is 0 Å². The van der Waals surface area contributed by atoms with Crippen molar-refractivity contribution in [2.45, 2.75) is 45.3 Å². The van der Waals surface area contributed by atoms with Crippen LogP contribution in [0.3, 0.4) is 0 Å². The lowest BCUT2D eigenvalue weighted by Gasteiger charge is -2.42. The first-order valence-corrected chi connectivity index (χ1v) is 8.05. The second-order valence-electron chi connectivity index (χ2n) is 6.99. The molecule has 7 heteroatoms. The Hall–Kier alpha value is -1.50. The molecule has 2 saturated heterocycles. The number of ether oxygens (including phenoxy) is 1. The highest BCUT2D eigenvalue weighted by Crippen LogP contribution is 2.18. The molecule has 1 unspecified atom stereocenters. The number of carbonyl (C=O) groups excluding carboxylic acids is 2. The smallest absolute Gasteiger partial charge is 0.410 e. The lowest BCUT2D eigenvalue weighted by molar-refractivity contribution is 0.00799. The Bertz CT molecular complexity index is 416. The molecule has 0 bridgehead atoms. The predicted molar refractivity (Wildman–Crippen MR) is 83.6 cm³/mol. The van der Waals surface area contributed by atoms with Gasteiger partial charge in [-0.15, -0.1) is 0 Å². The van der Waals surface area contributed by atoms with Crippen LogP contribution < -0.4 is 5.73 Å². The van der Waals surface area contributed by atoms with Crippen LogP contribution in [0.5, 0.6) is 0 Å². The number of piperazine rings is 1. The summed E-state index contributed by atoms with van der Waals surface area (Å²) in [6.07, 6.45) is 1.80. The summed E-state index contributed by atoms with van der Waals surface area (Å²) in [5, 5.41) is 0. The lowest BCUT2D eigenvalue weighted by atomic mass is 10.1. The van der Waals surface area contributed by atoms with E-state index in [0.29, 0.717) is 26.2 Å². The molecule has 2 aliphatic heterocycles. The van der Waals surface area contributed by atoms with E-state index in [0.717, 1.165) is 25.9 Å². The summed E-state index contributed by atoms with van der Waals surface area (Å²) < 4.78 is 5.40. The molecule has 1 atom stereocenters. The highest BCUT2D eigenvalue weighted by molar-refractivity contribution is 5.76. The molecule has 0 spiro atoms. The standard InChI is InChI=1S/C15H28N4O3/c1-15(2,3)22-14(21)18-8-9-19(12(10-16)11-18)13(20)17-6-4-5-7-17/h12H,4-11,16H2,1-3H3. The van der Waals surface area contributed by atoms with Gasteiger partial charge >= 0.3 is 12.1 Å². The zero-order valence-electron chi connectivity index (χ0n) is 13.9. The van der Waals surface area contributed by atoms with Gasteiger partial charge in [0.15, 0.2) is 0 Å². The van der Waals surface area contributed by atoms with Crippen LogP contribution in [0.25, 0.3) is 0 Å². The normalized spacial score (nSPS) is 22.9. The molecule has 0 radical (unpaired) electrons. The quantitative estimate of drug-likeness (QED) is 0.786. The first-order valence-electron chi connectivity index (χ1n) is 8.05. The van der Waals surface area contributed by atoms with Crippen molar-refractivity contribution in [3.63, 3.8) is 0 Å². The van der Waals surface area contributed by atoms with E-state index >= 15 is 0 Å². The molecule has 126 valence electrons. The first-order chi connectivity index (χ1) is 10.3. The molecular formula is C15H28N4O3. The second kappa shape index (κ2) is 6.73. The number of urea groups is 1. The molecule has 2 heterocycles. The predicted octanol–water partition coefficient (Wildman–Crippen LogP) is 1.08. The van der Waals surface area contributed by atoms with Crippen LogP contribution in [0.2, 0.25) is 0 Å². The monoisotopic (exact) mass is 312 g/mol. The Morgan fingerprint density at radius 2 is 1.73 bits per heavy atom. The third kappa shape index (κ3) is 4.03. The van der Waals surface area contributed by atoms with E-state index in [1.807, 2.05) is 30.6 Å². The van der Waals surface area contributed by atoms with Crippen LogP contribution >= 0.6 is 0 Å². The fourth-order valence-electron chi connectivity index (χ4n) is 2.89. The summed E-state index contributed by atoms with van der Waals surface area (Å²) in [5.74, 6) is 0. The van der Waals surface area contributed by atoms with Crippen LogP contribution in [-0.4, -0.2) is 77.7 Å². The maximum Gasteiger partial charge on any atom is 0.410 e. The van der Waals surface area contributed by atoms with Crippen molar-refractivity contribution in [2.24, 2.45) is 5.73 Å². The van der Waals surface area contributed by atoms with Gasteiger partial charge in [-0.05, 0) is 33.6 Å². The highest BCUT2D eigenvalue weighted by Gasteiger charge is 2.35. The first kappa shape index (κ1) is 16.9. The fraction of sp³-hybridized carbons (Fsp3) is 0.867. The van der Waals surface area contributed by atoms with Gasteiger partial charge < -0.3 is 25.2 Å². The summed E-state index contributed by atoms with van der Waals surface area (Å²) in [5.41, 5.74) is 5.31. The van der Waals surface area contributed by atoms with E-state index in [-0.39, 0.29) is 18.2 Å². The van der Waals surface area contributed by atoms with Crippen molar-refractivity contribution in [1.82, 2.24) is 14.7 Å². The number of nitrogens with zero attached hydrogens (tertiary/aromatic N) is 3. The average molecular weight is 312 g/mol. The third-order valence-corrected chi connectivity index (χ3v) is 4.03. The summed E-state index contributed by atoms with van der Waals surface area (Å²) >= 11 is 0. The molecule has 0 aromatic rings. The van der Waals surface area contributed by atoms with Crippen molar-refractivity contribution in [2.75, 3.05) is 39.3 Å². The minimum absolute atomic E-state index is 0.0526. The van der Waals surface area contributed by atoms with E-state index in [1.54, 1.807) is 4.90 Å². The molecule has 0 aromatic heterocycles. The number of nitrogens with two attached hydrogens (primary N) is 1. The number of rotatable bonds is 1. The van der Waals surface area contributed by atoms with Gasteiger partial charge in [0.05, 0.1) is 6.04 Å². The summed E-state index contributed by atoms with van der Waals surface area (Å²) in [6, 6.07) is -0.0915. The van der Waals surface area contributed by atoms with E-state index in [9.17, 15) is 9.59 Å².